The van der Waals surface area contributed by atoms with E-state index in [0.29, 0.717) is 35.2 Å². The normalized spacial score (nSPS) is 19.0. The predicted octanol–water partition coefficient (Wildman–Crippen LogP) is 4.39. The van der Waals surface area contributed by atoms with Crippen molar-refractivity contribution in [2.75, 3.05) is 50.8 Å². The number of hydrogen-bond acceptors (Lipinski definition) is 7. The van der Waals surface area contributed by atoms with Crippen molar-refractivity contribution in [1.29, 1.82) is 0 Å². The molecule has 214 valence electrons. The molecule has 13 heteroatoms. The molecular weight excluding hydrogens is 535 g/mol. The first-order valence-electron chi connectivity index (χ1n) is 13.0. The van der Waals surface area contributed by atoms with Crippen LogP contribution >= 0.6 is 0 Å². The molecular formula is C27H29F5N6O2. The number of aromatic nitrogens is 3. The number of fused-ring (bicyclic) bond motifs is 1. The topological polar surface area (TPSA) is 83.5 Å². The molecule has 3 aromatic rings. The van der Waals surface area contributed by atoms with Crippen molar-refractivity contribution < 1.29 is 31.5 Å². The number of carbonyl (C=O) groups excluding carboxylic acids is 1. The van der Waals surface area contributed by atoms with E-state index < -0.39 is 42.7 Å². The monoisotopic (exact) mass is 564 g/mol. The zero-order chi connectivity index (χ0) is 28.5. The number of carbonyl (C=O) groups is 1. The van der Waals surface area contributed by atoms with Crippen LogP contribution in [0.1, 0.15) is 46.2 Å². The van der Waals surface area contributed by atoms with Crippen molar-refractivity contribution in [2.24, 2.45) is 0 Å². The summed E-state index contributed by atoms with van der Waals surface area (Å²) in [7, 11) is 0. The molecule has 1 atom stereocenters. The molecule has 2 aliphatic rings. The van der Waals surface area contributed by atoms with Crippen LogP contribution in [0.5, 0.6) is 0 Å². The van der Waals surface area contributed by atoms with E-state index in [1.165, 1.54) is 0 Å². The summed E-state index contributed by atoms with van der Waals surface area (Å²) in [6, 6.07) is 6.68. The van der Waals surface area contributed by atoms with Crippen LogP contribution in [-0.4, -0.2) is 77.6 Å². The van der Waals surface area contributed by atoms with Crippen LogP contribution in [0, 0.1) is 6.92 Å². The first-order chi connectivity index (χ1) is 19.0. The van der Waals surface area contributed by atoms with Gasteiger partial charge in [0.1, 0.15) is 5.82 Å². The standard InChI is InChI=1S/C27H29F5N6O2/c1-17-2-4-20-19(3-5-22(36-20)38-10-12-40-13-11-38)23(17)24(39)33-16-21(37-8-6-26(28,29)7-9-37)18-14-34-25(35-15-18)27(30,31)32/h2-5,14-15,21H,6-13,16H2,1H3,(H,33,39). The average molecular weight is 565 g/mol. The van der Waals surface area contributed by atoms with E-state index in [0.717, 1.165) is 36.9 Å². The smallest absolute Gasteiger partial charge is 0.378 e. The van der Waals surface area contributed by atoms with Crippen LogP contribution in [0.2, 0.25) is 0 Å². The van der Waals surface area contributed by atoms with Gasteiger partial charge in [0.05, 0.1) is 30.3 Å². The fraction of sp³-hybridized carbons (Fsp3) is 0.481. The van der Waals surface area contributed by atoms with Crippen molar-refractivity contribution in [3.63, 3.8) is 0 Å². The first kappa shape index (κ1) is 28.1. The van der Waals surface area contributed by atoms with Gasteiger partial charge >= 0.3 is 6.18 Å². The van der Waals surface area contributed by atoms with Crippen molar-refractivity contribution in [2.45, 2.75) is 37.9 Å². The third kappa shape index (κ3) is 6.15. The highest BCUT2D eigenvalue weighted by Gasteiger charge is 2.38. The maximum Gasteiger partial charge on any atom is 0.451 e. The number of morpholine rings is 1. The van der Waals surface area contributed by atoms with E-state index in [1.54, 1.807) is 17.9 Å². The lowest BCUT2D eigenvalue weighted by Gasteiger charge is -2.37. The van der Waals surface area contributed by atoms with Crippen LogP contribution in [0.25, 0.3) is 10.9 Å². The van der Waals surface area contributed by atoms with Crippen molar-refractivity contribution >= 4 is 22.6 Å². The van der Waals surface area contributed by atoms with Gasteiger partial charge in [-0.2, -0.15) is 13.2 Å². The number of likely N-dealkylation sites (tertiary alicyclic amines) is 1. The summed E-state index contributed by atoms with van der Waals surface area (Å²) >= 11 is 0. The molecule has 1 unspecified atom stereocenters. The van der Waals surface area contributed by atoms with Crippen LogP contribution in [0.3, 0.4) is 0 Å². The SMILES string of the molecule is Cc1ccc2nc(N3CCOCC3)ccc2c1C(=O)NCC(c1cnc(C(F)(F)F)nc1)N1CCC(F)(F)CC1. The maximum absolute atomic E-state index is 13.8. The maximum atomic E-state index is 13.8. The van der Waals surface area contributed by atoms with Crippen LogP contribution < -0.4 is 10.2 Å². The van der Waals surface area contributed by atoms with Gasteiger partial charge in [-0.15, -0.1) is 0 Å². The Kier molecular flexibility index (Phi) is 7.87. The van der Waals surface area contributed by atoms with Gasteiger partial charge in [0.2, 0.25) is 5.82 Å². The minimum absolute atomic E-state index is 0.0100. The van der Waals surface area contributed by atoms with Crippen molar-refractivity contribution in [3.05, 3.63) is 59.2 Å². The lowest BCUT2D eigenvalue weighted by Crippen LogP contribution is -2.45. The second-order valence-electron chi connectivity index (χ2n) is 10.0. The Morgan fingerprint density at radius 3 is 2.38 bits per heavy atom. The largest absolute Gasteiger partial charge is 0.451 e. The Balaban J connectivity index is 1.38. The summed E-state index contributed by atoms with van der Waals surface area (Å²) in [5, 5.41) is 3.52. The van der Waals surface area contributed by atoms with E-state index in [-0.39, 0.29) is 19.6 Å². The van der Waals surface area contributed by atoms with E-state index in [2.05, 4.69) is 20.2 Å². The highest BCUT2D eigenvalue weighted by Crippen LogP contribution is 2.33. The second-order valence-corrected chi connectivity index (χ2v) is 10.0. The summed E-state index contributed by atoms with van der Waals surface area (Å²) in [4.78, 5) is 28.9. The number of hydrogen-bond donors (Lipinski definition) is 1. The van der Waals surface area contributed by atoms with E-state index in [4.69, 9.17) is 9.72 Å². The molecule has 2 aromatic heterocycles. The third-order valence-corrected chi connectivity index (χ3v) is 7.36. The molecule has 0 aliphatic carbocycles. The lowest BCUT2D eigenvalue weighted by atomic mass is 10.00. The fourth-order valence-electron chi connectivity index (χ4n) is 5.13. The minimum atomic E-state index is -4.71. The fourth-order valence-corrected chi connectivity index (χ4v) is 5.13. The summed E-state index contributed by atoms with van der Waals surface area (Å²) in [6.07, 6.45) is -3.41. The summed E-state index contributed by atoms with van der Waals surface area (Å²) in [6.45, 7) is 4.45. The Morgan fingerprint density at radius 2 is 1.73 bits per heavy atom. The van der Waals surface area contributed by atoms with E-state index in [9.17, 15) is 26.7 Å². The zero-order valence-corrected chi connectivity index (χ0v) is 21.8. The number of pyridine rings is 1. The van der Waals surface area contributed by atoms with Crippen LogP contribution in [-0.2, 0) is 10.9 Å². The quantitative estimate of drug-likeness (QED) is 0.445. The number of aryl methyl sites for hydroxylation is 1. The highest BCUT2D eigenvalue weighted by molar-refractivity contribution is 6.07. The molecule has 1 N–H and O–H groups in total. The number of nitrogens with zero attached hydrogens (tertiary/aromatic N) is 5. The number of benzene rings is 1. The van der Waals surface area contributed by atoms with Crippen LogP contribution in [0.15, 0.2) is 36.7 Å². The molecule has 5 rings (SSSR count). The van der Waals surface area contributed by atoms with Gasteiger partial charge in [-0.1, -0.05) is 6.07 Å². The number of anilines is 1. The number of halogens is 5. The Morgan fingerprint density at radius 1 is 1.05 bits per heavy atom. The Labute approximate surface area is 227 Å². The number of ether oxygens (including phenoxy) is 1. The lowest BCUT2D eigenvalue weighted by molar-refractivity contribution is -0.145. The summed E-state index contributed by atoms with van der Waals surface area (Å²) in [5.41, 5.74) is 2.08. The molecule has 40 heavy (non-hydrogen) atoms. The number of alkyl halides is 5. The number of rotatable bonds is 6. The van der Waals surface area contributed by atoms with Crippen LogP contribution in [0.4, 0.5) is 27.8 Å². The van der Waals surface area contributed by atoms with Crippen molar-refractivity contribution in [1.82, 2.24) is 25.2 Å². The molecule has 0 saturated carbocycles. The zero-order valence-electron chi connectivity index (χ0n) is 21.8. The van der Waals surface area contributed by atoms with Gasteiger partial charge in [0.15, 0.2) is 0 Å². The molecule has 2 aliphatic heterocycles. The van der Waals surface area contributed by atoms with E-state index >= 15 is 0 Å². The second kappa shape index (κ2) is 11.2. The third-order valence-electron chi connectivity index (χ3n) is 7.36. The molecule has 1 aromatic carbocycles. The van der Waals surface area contributed by atoms with Crippen molar-refractivity contribution in [3.8, 4) is 0 Å². The van der Waals surface area contributed by atoms with Gasteiger partial charge in [-0.25, -0.2) is 23.7 Å². The Bertz CT molecular complexity index is 1350. The predicted molar refractivity (Wildman–Crippen MR) is 137 cm³/mol. The highest BCUT2D eigenvalue weighted by atomic mass is 19.4. The average Bonchev–Trinajstić information content (AvgIpc) is 2.93. The van der Waals surface area contributed by atoms with Gasteiger partial charge in [0, 0.05) is 68.9 Å². The number of nitrogens with one attached hydrogen (secondary N) is 1. The molecule has 0 spiro atoms. The molecule has 2 saturated heterocycles. The summed E-state index contributed by atoms with van der Waals surface area (Å²) in [5.74, 6) is -3.72. The van der Waals surface area contributed by atoms with Gasteiger partial charge in [-0.05, 0) is 30.7 Å². The van der Waals surface area contributed by atoms with E-state index in [1.807, 2.05) is 18.2 Å². The molecule has 8 nitrogen and oxygen atoms in total. The molecule has 0 bridgehead atoms. The molecule has 4 heterocycles. The van der Waals surface area contributed by atoms with Gasteiger partial charge in [0.25, 0.3) is 11.8 Å². The minimum Gasteiger partial charge on any atom is -0.378 e. The number of piperidine rings is 1. The van der Waals surface area contributed by atoms with Gasteiger partial charge in [-0.3, -0.25) is 9.69 Å². The first-order valence-corrected chi connectivity index (χ1v) is 13.0. The molecule has 2 fully saturated rings. The van der Waals surface area contributed by atoms with Gasteiger partial charge < -0.3 is 15.0 Å². The summed E-state index contributed by atoms with van der Waals surface area (Å²) < 4.78 is 72.1. The Hall–Kier alpha value is -3.45. The molecule has 1 amide bonds. The number of amides is 1. The molecule has 0 radical (unpaired) electrons.